The summed E-state index contributed by atoms with van der Waals surface area (Å²) in [5.74, 6) is 1.60. The predicted molar refractivity (Wildman–Crippen MR) is 69.6 cm³/mol. The van der Waals surface area contributed by atoms with Crippen molar-refractivity contribution in [3.8, 4) is 0 Å². The van der Waals surface area contributed by atoms with Crippen LogP contribution in [0.15, 0.2) is 21.8 Å². The van der Waals surface area contributed by atoms with Crippen LogP contribution in [-0.4, -0.2) is 25.9 Å². The Balaban J connectivity index is 2.05. The molecule has 0 spiro atoms. The number of rotatable bonds is 5. The van der Waals surface area contributed by atoms with Gasteiger partial charge in [0.2, 0.25) is 0 Å². The molecule has 17 heavy (non-hydrogen) atoms. The minimum absolute atomic E-state index is 0.797. The molecule has 7 heteroatoms. The molecule has 0 aliphatic carbocycles. The Morgan fingerprint density at radius 1 is 1.35 bits per heavy atom. The third-order valence-electron chi connectivity index (χ3n) is 1.87. The van der Waals surface area contributed by atoms with E-state index < -0.39 is 0 Å². The van der Waals surface area contributed by atoms with Gasteiger partial charge in [0.25, 0.3) is 0 Å². The van der Waals surface area contributed by atoms with E-state index in [2.05, 4.69) is 31.6 Å². The highest BCUT2D eigenvalue weighted by Crippen LogP contribution is 2.27. The van der Waals surface area contributed by atoms with Crippen molar-refractivity contribution in [3.05, 3.63) is 18.2 Å². The van der Waals surface area contributed by atoms with Gasteiger partial charge < -0.3 is 5.32 Å². The van der Waals surface area contributed by atoms with E-state index >= 15 is 0 Å². The van der Waals surface area contributed by atoms with Crippen molar-refractivity contribution in [2.45, 2.75) is 29.6 Å². The van der Waals surface area contributed by atoms with Gasteiger partial charge in [0, 0.05) is 6.54 Å². The normalized spacial score (nSPS) is 10.5. The minimum Gasteiger partial charge on any atom is -0.369 e. The van der Waals surface area contributed by atoms with Gasteiger partial charge in [-0.3, -0.25) is 4.98 Å². The van der Waals surface area contributed by atoms with Crippen LogP contribution in [0, 0.1) is 6.92 Å². The summed E-state index contributed by atoms with van der Waals surface area (Å²) >= 11 is 2.87. The Morgan fingerprint density at radius 3 is 2.94 bits per heavy atom. The highest BCUT2D eigenvalue weighted by atomic mass is 32.2. The van der Waals surface area contributed by atoms with Crippen molar-refractivity contribution in [2.75, 3.05) is 11.9 Å². The van der Waals surface area contributed by atoms with Crippen molar-refractivity contribution in [1.82, 2.24) is 19.3 Å². The zero-order valence-corrected chi connectivity index (χ0v) is 11.3. The minimum atomic E-state index is 0.797. The third kappa shape index (κ3) is 3.64. The van der Waals surface area contributed by atoms with Gasteiger partial charge in [-0.05, 0) is 36.6 Å². The van der Waals surface area contributed by atoms with Crippen LogP contribution < -0.4 is 5.32 Å². The van der Waals surface area contributed by atoms with E-state index in [1.807, 2.05) is 6.92 Å². The van der Waals surface area contributed by atoms with E-state index in [1.165, 1.54) is 23.3 Å². The summed E-state index contributed by atoms with van der Waals surface area (Å²) < 4.78 is 5.02. The van der Waals surface area contributed by atoms with Crippen molar-refractivity contribution >= 4 is 29.1 Å². The van der Waals surface area contributed by atoms with E-state index in [0.29, 0.717) is 0 Å². The van der Waals surface area contributed by atoms with Crippen LogP contribution in [-0.2, 0) is 0 Å². The molecule has 0 bridgehead atoms. The van der Waals surface area contributed by atoms with Gasteiger partial charge in [0.15, 0.2) is 4.34 Å². The van der Waals surface area contributed by atoms with Crippen LogP contribution in [0.4, 0.5) is 5.82 Å². The van der Waals surface area contributed by atoms with E-state index in [0.717, 1.165) is 34.0 Å². The van der Waals surface area contributed by atoms with Crippen molar-refractivity contribution in [3.63, 3.8) is 0 Å². The van der Waals surface area contributed by atoms with Crippen LogP contribution >= 0.6 is 23.3 Å². The third-order valence-corrected chi connectivity index (χ3v) is 3.62. The van der Waals surface area contributed by atoms with Crippen molar-refractivity contribution in [1.29, 1.82) is 0 Å². The van der Waals surface area contributed by atoms with Gasteiger partial charge in [-0.15, -0.1) is 0 Å². The highest BCUT2D eigenvalue weighted by Gasteiger charge is 2.05. The smallest absolute Gasteiger partial charge is 0.176 e. The molecule has 0 saturated carbocycles. The second-order valence-corrected chi connectivity index (χ2v) is 5.40. The molecule has 2 rings (SSSR count). The average Bonchev–Trinajstić information content (AvgIpc) is 2.73. The lowest BCUT2D eigenvalue weighted by atomic mass is 10.5. The first kappa shape index (κ1) is 12.3. The number of anilines is 1. The summed E-state index contributed by atoms with van der Waals surface area (Å²) in [5, 5.41) is 4.04. The fourth-order valence-corrected chi connectivity index (χ4v) is 2.70. The van der Waals surface area contributed by atoms with Gasteiger partial charge in [0.1, 0.15) is 16.7 Å². The first-order valence-electron chi connectivity index (χ1n) is 5.32. The van der Waals surface area contributed by atoms with Gasteiger partial charge in [-0.25, -0.2) is 9.97 Å². The predicted octanol–water partition coefficient (Wildman–Crippen LogP) is 2.61. The highest BCUT2D eigenvalue weighted by molar-refractivity contribution is 8.00. The molecule has 0 radical (unpaired) electrons. The quantitative estimate of drug-likeness (QED) is 0.898. The molecule has 0 saturated heterocycles. The molecule has 90 valence electrons. The fraction of sp³-hybridized carbons (Fsp3) is 0.400. The maximum atomic E-state index is 4.44. The lowest BCUT2D eigenvalue weighted by Crippen LogP contribution is -2.02. The molecular formula is C10H13N5S2. The summed E-state index contributed by atoms with van der Waals surface area (Å²) in [6.07, 6.45) is 4.53. The zero-order valence-electron chi connectivity index (χ0n) is 9.67. The average molecular weight is 267 g/mol. The number of nitrogens with zero attached hydrogens (tertiary/aromatic N) is 4. The van der Waals surface area contributed by atoms with Crippen LogP contribution in [0.25, 0.3) is 0 Å². The molecule has 0 atom stereocenters. The Kier molecular flexibility index (Phi) is 4.27. The van der Waals surface area contributed by atoms with Crippen LogP contribution in [0.1, 0.15) is 19.2 Å². The number of hydrogen-bond donors (Lipinski definition) is 1. The SMILES string of the molecule is CCCNc1cncc(Sc2nc(C)ns2)n1. The summed E-state index contributed by atoms with van der Waals surface area (Å²) in [4.78, 5) is 12.9. The molecule has 1 N–H and O–H groups in total. The van der Waals surface area contributed by atoms with Gasteiger partial charge >= 0.3 is 0 Å². The monoisotopic (exact) mass is 267 g/mol. The topological polar surface area (TPSA) is 63.6 Å². The van der Waals surface area contributed by atoms with Gasteiger partial charge in [-0.1, -0.05) is 6.92 Å². The first-order chi connectivity index (χ1) is 8.28. The van der Waals surface area contributed by atoms with Gasteiger partial charge in [-0.2, -0.15) is 4.37 Å². The Labute approximate surface area is 108 Å². The lowest BCUT2D eigenvalue weighted by Gasteiger charge is -2.03. The number of aryl methyl sites for hydroxylation is 1. The fourth-order valence-electron chi connectivity index (χ4n) is 1.14. The molecular weight excluding hydrogens is 254 g/mol. The Morgan fingerprint density at radius 2 is 2.24 bits per heavy atom. The summed E-state index contributed by atoms with van der Waals surface area (Å²) in [5.41, 5.74) is 0. The molecule has 0 fully saturated rings. The largest absolute Gasteiger partial charge is 0.369 e. The van der Waals surface area contributed by atoms with Crippen LogP contribution in [0.5, 0.6) is 0 Å². The molecule has 0 aromatic carbocycles. The Bertz CT molecular complexity index is 485. The molecule has 2 heterocycles. The van der Waals surface area contributed by atoms with E-state index in [4.69, 9.17) is 0 Å². The molecule has 0 amide bonds. The number of aromatic nitrogens is 4. The standard InChI is InChI=1S/C10H13N5S2/c1-3-4-12-8-5-11-6-9(14-8)16-10-13-7(2)15-17-10/h5-6H,3-4H2,1-2H3,(H,12,14). The lowest BCUT2D eigenvalue weighted by molar-refractivity contribution is 0.948. The molecule has 5 nitrogen and oxygen atoms in total. The molecule has 0 aliphatic heterocycles. The van der Waals surface area contributed by atoms with Crippen LogP contribution in [0.2, 0.25) is 0 Å². The van der Waals surface area contributed by atoms with Crippen LogP contribution in [0.3, 0.4) is 0 Å². The Hall–Kier alpha value is -1.21. The van der Waals surface area contributed by atoms with E-state index in [9.17, 15) is 0 Å². The maximum Gasteiger partial charge on any atom is 0.176 e. The van der Waals surface area contributed by atoms with Crippen molar-refractivity contribution < 1.29 is 0 Å². The van der Waals surface area contributed by atoms with Gasteiger partial charge in [0.05, 0.1) is 12.4 Å². The maximum absolute atomic E-state index is 4.44. The zero-order chi connectivity index (χ0) is 12.1. The number of nitrogens with one attached hydrogen (secondary N) is 1. The van der Waals surface area contributed by atoms with Crippen molar-refractivity contribution in [2.24, 2.45) is 0 Å². The van der Waals surface area contributed by atoms with E-state index in [1.54, 1.807) is 12.4 Å². The molecule has 0 aliphatic rings. The molecule has 0 unspecified atom stereocenters. The summed E-state index contributed by atoms with van der Waals surface area (Å²) in [6, 6.07) is 0. The second kappa shape index (κ2) is 5.92. The summed E-state index contributed by atoms with van der Waals surface area (Å²) in [6.45, 7) is 4.90. The summed E-state index contributed by atoms with van der Waals surface area (Å²) in [7, 11) is 0. The molecule has 2 aromatic heterocycles. The second-order valence-electron chi connectivity index (χ2n) is 3.38. The number of hydrogen-bond acceptors (Lipinski definition) is 7. The van der Waals surface area contributed by atoms with E-state index in [-0.39, 0.29) is 0 Å². The first-order valence-corrected chi connectivity index (χ1v) is 6.91. The molecule has 2 aromatic rings.